The second-order valence-electron chi connectivity index (χ2n) is 3.68. The second kappa shape index (κ2) is 4.24. The Morgan fingerprint density at radius 3 is 2.50 bits per heavy atom. The Kier molecular flexibility index (Phi) is 2.99. The monoisotopic (exact) mass is 209 g/mol. The van der Waals surface area contributed by atoms with Crippen LogP contribution in [0, 0.1) is 6.92 Å². The highest BCUT2D eigenvalue weighted by Crippen LogP contribution is 2.16. The van der Waals surface area contributed by atoms with Gasteiger partial charge in [-0.05, 0) is 19.1 Å². The molecule has 0 spiro atoms. The Morgan fingerprint density at radius 2 is 1.93 bits per heavy atom. The Balaban J connectivity index is 2.05. The average molecular weight is 209 g/mol. The molecule has 2 heterocycles. The van der Waals surface area contributed by atoms with Gasteiger partial charge < -0.3 is 4.90 Å². The summed E-state index contributed by atoms with van der Waals surface area (Å²) in [5, 5.41) is 0. The zero-order chi connectivity index (χ0) is 9.97. The van der Waals surface area contributed by atoms with Crippen LogP contribution in [0.1, 0.15) is 5.69 Å². The molecule has 0 radical (unpaired) electrons. The van der Waals surface area contributed by atoms with Crippen LogP contribution >= 0.6 is 9.39 Å². The van der Waals surface area contributed by atoms with E-state index in [0.29, 0.717) is 0 Å². The standard InChI is InChI=1S/C10H16N3P/c1-9-2-3-10(8-11-9)12-4-6-13(14)7-5-12/h2-3,8H,4-7,14H2,1H3. The van der Waals surface area contributed by atoms with Crippen LogP contribution in [0.3, 0.4) is 0 Å². The topological polar surface area (TPSA) is 19.4 Å². The molecule has 1 aromatic heterocycles. The van der Waals surface area contributed by atoms with E-state index in [1.807, 2.05) is 13.1 Å². The summed E-state index contributed by atoms with van der Waals surface area (Å²) in [4.78, 5) is 6.69. The maximum atomic E-state index is 4.31. The number of rotatable bonds is 1. The van der Waals surface area contributed by atoms with Crippen LogP contribution in [0.4, 0.5) is 5.69 Å². The molecule has 4 heteroatoms. The minimum atomic E-state index is 1.08. The third-order valence-electron chi connectivity index (χ3n) is 2.58. The van der Waals surface area contributed by atoms with Crippen molar-refractivity contribution in [1.82, 2.24) is 9.65 Å². The first-order valence-electron chi connectivity index (χ1n) is 4.93. The van der Waals surface area contributed by atoms with E-state index in [9.17, 15) is 0 Å². The lowest BCUT2D eigenvalue weighted by molar-refractivity contribution is 0.428. The van der Waals surface area contributed by atoms with E-state index in [1.165, 1.54) is 5.69 Å². The molecular formula is C10H16N3P. The van der Waals surface area contributed by atoms with Gasteiger partial charge in [-0.15, -0.1) is 0 Å². The van der Waals surface area contributed by atoms with Crippen LogP contribution in [0.5, 0.6) is 0 Å². The third kappa shape index (κ3) is 2.23. The van der Waals surface area contributed by atoms with E-state index in [1.54, 1.807) is 0 Å². The molecule has 1 saturated heterocycles. The lowest BCUT2D eigenvalue weighted by Crippen LogP contribution is -2.42. The zero-order valence-corrected chi connectivity index (χ0v) is 9.63. The van der Waals surface area contributed by atoms with Crippen molar-refractivity contribution in [2.24, 2.45) is 0 Å². The minimum Gasteiger partial charge on any atom is -0.368 e. The lowest BCUT2D eigenvalue weighted by atomic mass is 10.3. The molecule has 1 unspecified atom stereocenters. The smallest absolute Gasteiger partial charge is 0.0553 e. The molecule has 0 aromatic carbocycles. The second-order valence-corrected chi connectivity index (χ2v) is 4.41. The van der Waals surface area contributed by atoms with Crippen molar-refractivity contribution in [2.75, 3.05) is 31.1 Å². The Bertz CT molecular complexity index is 291. The summed E-state index contributed by atoms with van der Waals surface area (Å²) in [6.07, 6.45) is 1.97. The predicted octanol–water partition coefficient (Wildman–Crippen LogP) is 1.30. The predicted molar refractivity (Wildman–Crippen MR) is 62.5 cm³/mol. The van der Waals surface area contributed by atoms with Gasteiger partial charge in [0.25, 0.3) is 0 Å². The van der Waals surface area contributed by atoms with E-state index >= 15 is 0 Å². The number of nitrogens with zero attached hydrogens (tertiary/aromatic N) is 3. The van der Waals surface area contributed by atoms with Gasteiger partial charge in [-0.25, -0.2) is 0 Å². The number of aryl methyl sites for hydroxylation is 1. The number of aromatic nitrogens is 1. The highest BCUT2D eigenvalue weighted by Gasteiger charge is 2.13. The van der Waals surface area contributed by atoms with Gasteiger partial charge in [-0.2, -0.15) is 0 Å². The molecule has 1 aromatic rings. The average Bonchev–Trinajstić information content (AvgIpc) is 2.21. The van der Waals surface area contributed by atoms with Crippen LogP contribution in [-0.4, -0.2) is 35.8 Å². The largest absolute Gasteiger partial charge is 0.368 e. The summed E-state index contributed by atoms with van der Waals surface area (Å²) in [5.41, 5.74) is 2.33. The van der Waals surface area contributed by atoms with Crippen LogP contribution in [0.15, 0.2) is 18.3 Å². The van der Waals surface area contributed by atoms with Crippen LogP contribution in [0.2, 0.25) is 0 Å². The van der Waals surface area contributed by atoms with Crippen molar-refractivity contribution in [2.45, 2.75) is 6.92 Å². The Labute approximate surface area is 87.4 Å². The minimum absolute atomic E-state index is 1.08. The SMILES string of the molecule is Cc1ccc(N2CCN(P)CC2)cn1. The van der Waals surface area contributed by atoms with Gasteiger partial charge >= 0.3 is 0 Å². The fraction of sp³-hybridized carbons (Fsp3) is 0.500. The van der Waals surface area contributed by atoms with Gasteiger partial charge in [-0.3, -0.25) is 9.65 Å². The molecular weight excluding hydrogens is 193 g/mol. The van der Waals surface area contributed by atoms with Crippen molar-refractivity contribution in [1.29, 1.82) is 0 Å². The van der Waals surface area contributed by atoms with E-state index < -0.39 is 0 Å². The first-order chi connectivity index (χ1) is 6.75. The highest BCUT2D eigenvalue weighted by atomic mass is 31.0. The number of piperazine rings is 1. The first kappa shape index (κ1) is 9.88. The van der Waals surface area contributed by atoms with E-state index in [-0.39, 0.29) is 0 Å². The molecule has 1 aliphatic heterocycles. The summed E-state index contributed by atoms with van der Waals surface area (Å²) in [6.45, 7) is 6.42. The molecule has 76 valence electrons. The molecule has 1 aliphatic rings. The summed E-state index contributed by atoms with van der Waals surface area (Å²) < 4.78 is 2.28. The zero-order valence-electron chi connectivity index (χ0n) is 8.48. The maximum Gasteiger partial charge on any atom is 0.0553 e. The van der Waals surface area contributed by atoms with Crippen molar-refractivity contribution in [3.8, 4) is 0 Å². The highest BCUT2D eigenvalue weighted by molar-refractivity contribution is 7.13. The number of hydrogen-bond acceptors (Lipinski definition) is 3. The Morgan fingerprint density at radius 1 is 1.21 bits per heavy atom. The summed E-state index contributed by atoms with van der Waals surface area (Å²) in [7, 11) is 2.76. The third-order valence-corrected chi connectivity index (χ3v) is 3.09. The fourth-order valence-corrected chi connectivity index (χ4v) is 1.86. The quantitative estimate of drug-likeness (QED) is 0.650. The molecule has 0 bridgehead atoms. The molecule has 2 rings (SSSR count). The van der Waals surface area contributed by atoms with Gasteiger partial charge in [-0.1, -0.05) is 9.39 Å². The van der Waals surface area contributed by atoms with E-state index in [4.69, 9.17) is 0 Å². The summed E-state index contributed by atoms with van der Waals surface area (Å²) >= 11 is 0. The number of anilines is 1. The van der Waals surface area contributed by atoms with Gasteiger partial charge in [0.15, 0.2) is 0 Å². The van der Waals surface area contributed by atoms with Gasteiger partial charge in [0.1, 0.15) is 0 Å². The van der Waals surface area contributed by atoms with Crippen LogP contribution in [-0.2, 0) is 0 Å². The molecule has 1 fully saturated rings. The number of pyridine rings is 1. The molecule has 0 aliphatic carbocycles. The van der Waals surface area contributed by atoms with Crippen LogP contribution in [0.25, 0.3) is 0 Å². The van der Waals surface area contributed by atoms with Gasteiger partial charge in [0, 0.05) is 31.9 Å². The normalized spacial score (nSPS) is 18.6. The molecule has 0 saturated carbocycles. The summed E-state index contributed by atoms with van der Waals surface area (Å²) in [5.74, 6) is 0. The Hall–Kier alpha value is -0.660. The molecule has 1 atom stereocenters. The number of hydrogen-bond donors (Lipinski definition) is 0. The van der Waals surface area contributed by atoms with E-state index in [2.05, 4.69) is 36.1 Å². The fourth-order valence-electron chi connectivity index (χ4n) is 1.63. The van der Waals surface area contributed by atoms with Crippen molar-refractivity contribution < 1.29 is 0 Å². The molecule has 0 N–H and O–H groups in total. The molecule has 3 nitrogen and oxygen atoms in total. The van der Waals surface area contributed by atoms with Crippen LogP contribution < -0.4 is 4.90 Å². The first-order valence-corrected chi connectivity index (χ1v) is 5.44. The molecule has 14 heavy (non-hydrogen) atoms. The maximum absolute atomic E-state index is 4.31. The van der Waals surface area contributed by atoms with Gasteiger partial charge in [0.2, 0.25) is 0 Å². The van der Waals surface area contributed by atoms with E-state index in [0.717, 1.165) is 31.9 Å². The van der Waals surface area contributed by atoms with Crippen molar-refractivity contribution >= 4 is 15.1 Å². The molecule has 0 amide bonds. The van der Waals surface area contributed by atoms with Crippen molar-refractivity contribution in [3.05, 3.63) is 24.0 Å². The summed E-state index contributed by atoms with van der Waals surface area (Å²) in [6, 6.07) is 4.23. The van der Waals surface area contributed by atoms with Crippen molar-refractivity contribution in [3.63, 3.8) is 0 Å². The lowest BCUT2D eigenvalue weighted by Gasteiger charge is -2.33. The van der Waals surface area contributed by atoms with Gasteiger partial charge in [0.05, 0.1) is 11.9 Å².